The molecule has 2 nitrogen and oxygen atoms in total. The van der Waals surface area contributed by atoms with Gasteiger partial charge < -0.3 is 10.4 Å². The van der Waals surface area contributed by atoms with Crippen LogP contribution in [0.25, 0.3) is 0 Å². The van der Waals surface area contributed by atoms with Crippen molar-refractivity contribution in [2.24, 2.45) is 5.92 Å². The highest BCUT2D eigenvalue weighted by molar-refractivity contribution is 5.32. The molecule has 1 aliphatic rings. The summed E-state index contributed by atoms with van der Waals surface area (Å²) in [5, 5.41) is 13.5. The average Bonchev–Trinajstić information content (AvgIpc) is 3.27. The van der Waals surface area contributed by atoms with Gasteiger partial charge in [0.2, 0.25) is 0 Å². The molecule has 20 heavy (non-hydrogen) atoms. The van der Waals surface area contributed by atoms with Crippen molar-refractivity contribution < 1.29 is 5.11 Å². The van der Waals surface area contributed by atoms with Gasteiger partial charge in [0.25, 0.3) is 0 Å². The molecule has 2 aromatic carbocycles. The number of phenols is 1. The zero-order valence-electron chi connectivity index (χ0n) is 11.8. The molecule has 0 bridgehead atoms. The van der Waals surface area contributed by atoms with E-state index in [4.69, 9.17) is 0 Å². The first-order valence-corrected chi connectivity index (χ1v) is 7.31. The van der Waals surface area contributed by atoms with E-state index >= 15 is 0 Å². The van der Waals surface area contributed by atoms with Crippen molar-refractivity contribution >= 4 is 0 Å². The van der Waals surface area contributed by atoms with Gasteiger partial charge in [-0.05, 0) is 37.3 Å². The number of hydrogen-bond donors (Lipinski definition) is 2. The molecule has 1 aliphatic carbocycles. The Hall–Kier alpha value is -1.80. The lowest BCUT2D eigenvalue weighted by Gasteiger charge is -2.19. The fourth-order valence-electron chi connectivity index (χ4n) is 2.64. The van der Waals surface area contributed by atoms with Crippen LogP contribution in [-0.2, 0) is 6.54 Å². The summed E-state index contributed by atoms with van der Waals surface area (Å²) in [6.45, 7) is 2.83. The van der Waals surface area contributed by atoms with Crippen LogP contribution in [0.1, 0.15) is 35.6 Å². The van der Waals surface area contributed by atoms with Gasteiger partial charge in [-0.1, -0.05) is 48.0 Å². The summed E-state index contributed by atoms with van der Waals surface area (Å²) in [5.74, 6) is 1.11. The first-order valence-electron chi connectivity index (χ1n) is 7.31. The number of benzene rings is 2. The SMILES string of the molecule is Cc1ccc(C(NCc2ccccc2O)C2CC2)cc1. The Labute approximate surface area is 120 Å². The number of phenolic OH excluding ortho intramolecular Hbond substituents is 1. The van der Waals surface area contributed by atoms with E-state index in [1.165, 1.54) is 24.0 Å². The molecule has 2 N–H and O–H groups in total. The fourth-order valence-corrected chi connectivity index (χ4v) is 2.64. The molecular formula is C18H21NO. The van der Waals surface area contributed by atoms with E-state index in [9.17, 15) is 5.11 Å². The Bertz CT molecular complexity index is 572. The van der Waals surface area contributed by atoms with E-state index in [2.05, 4.69) is 36.5 Å². The van der Waals surface area contributed by atoms with Crippen molar-refractivity contribution in [3.05, 3.63) is 65.2 Å². The smallest absolute Gasteiger partial charge is 0.120 e. The lowest BCUT2D eigenvalue weighted by Crippen LogP contribution is -2.22. The zero-order chi connectivity index (χ0) is 13.9. The number of nitrogens with one attached hydrogen (secondary N) is 1. The monoisotopic (exact) mass is 267 g/mol. The number of aryl methyl sites for hydroxylation is 1. The van der Waals surface area contributed by atoms with Gasteiger partial charge >= 0.3 is 0 Å². The van der Waals surface area contributed by atoms with Crippen LogP contribution in [0.4, 0.5) is 0 Å². The largest absolute Gasteiger partial charge is 0.508 e. The highest BCUT2D eigenvalue weighted by atomic mass is 16.3. The van der Waals surface area contributed by atoms with Crippen molar-refractivity contribution in [1.82, 2.24) is 5.32 Å². The van der Waals surface area contributed by atoms with E-state index in [0.717, 1.165) is 11.5 Å². The van der Waals surface area contributed by atoms with Gasteiger partial charge in [-0.25, -0.2) is 0 Å². The molecule has 2 aromatic rings. The lowest BCUT2D eigenvalue weighted by atomic mass is 10.0. The predicted molar refractivity (Wildman–Crippen MR) is 81.6 cm³/mol. The first kappa shape index (κ1) is 13.2. The molecule has 0 radical (unpaired) electrons. The van der Waals surface area contributed by atoms with Crippen LogP contribution in [0.2, 0.25) is 0 Å². The van der Waals surface area contributed by atoms with Gasteiger partial charge in [0.05, 0.1) is 0 Å². The van der Waals surface area contributed by atoms with Crippen molar-refractivity contribution in [2.45, 2.75) is 32.4 Å². The van der Waals surface area contributed by atoms with Gasteiger partial charge in [-0.15, -0.1) is 0 Å². The van der Waals surface area contributed by atoms with Crippen LogP contribution >= 0.6 is 0 Å². The maximum absolute atomic E-state index is 9.84. The summed E-state index contributed by atoms with van der Waals surface area (Å²) in [7, 11) is 0. The Balaban J connectivity index is 1.72. The van der Waals surface area contributed by atoms with Crippen LogP contribution in [0.3, 0.4) is 0 Å². The molecule has 1 fully saturated rings. The van der Waals surface area contributed by atoms with Crippen LogP contribution in [0.15, 0.2) is 48.5 Å². The Morgan fingerprint density at radius 1 is 1.10 bits per heavy atom. The van der Waals surface area contributed by atoms with E-state index in [-0.39, 0.29) is 0 Å². The summed E-state index contributed by atoms with van der Waals surface area (Å²) in [4.78, 5) is 0. The quantitative estimate of drug-likeness (QED) is 0.860. The minimum absolute atomic E-state index is 0.374. The maximum atomic E-state index is 9.84. The highest BCUT2D eigenvalue weighted by Gasteiger charge is 2.31. The molecule has 0 saturated heterocycles. The number of rotatable bonds is 5. The topological polar surface area (TPSA) is 32.3 Å². The van der Waals surface area contributed by atoms with Gasteiger partial charge in [0.1, 0.15) is 5.75 Å². The number of aromatic hydroxyl groups is 1. The number of hydrogen-bond acceptors (Lipinski definition) is 2. The van der Waals surface area contributed by atoms with Gasteiger partial charge in [-0.2, -0.15) is 0 Å². The molecule has 0 amide bonds. The Morgan fingerprint density at radius 2 is 1.80 bits per heavy atom. The molecule has 1 atom stereocenters. The van der Waals surface area contributed by atoms with E-state index in [1.54, 1.807) is 6.07 Å². The minimum Gasteiger partial charge on any atom is -0.508 e. The summed E-state index contributed by atoms with van der Waals surface area (Å²) < 4.78 is 0. The highest BCUT2D eigenvalue weighted by Crippen LogP contribution is 2.41. The minimum atomic E-state index is 0.374. The van der Waals surface area contributed by atoms with Gasteiger partial charge in [0, 0.05) is 18.2 Å². The van der Waals surface area contributed by atoms with Crippen LogP contribution in [-0.4, -0.2) is 5.11 Å². The normalized spacial score (nSPS) is 16.1. The van der Waals surface area contributed by atoms with Crippen molar-refractivity contribution in [2.75, 3.05) is 0 Å². The van der Waals surface area contributed by atoms with Crippen molar-refractivity contribution in [3.8, 4) is 5.75 Å². The molecular weight excluding hydrogens is 246 g/mol. The van der Waals surface area contributed by atoms with Gasteiger partial charge in [-0.3, -0.25) is 0 Å². The van der Waals surface area contributed by atoms with E-state index in [0.29, 0.717) is 18.3 Å². The van der Waals surface area contributed by atoms with Crippen LogP contribution in [0, 0.1) is 12.8 Å². The van der Waals surface area contributed by atoms with E-state index < -0.39 is 0 Å². The predicted octanol–water partition coefficient (Wildman–Crippen LogP) is 3.94. The summed E-state index contributed by atoms with van der Waals surface area (Å²) in [5.41, 5.74) is 3.61. The second kappa shape index (κ2) is 5.68. The first-order chi connectivity index (χ1) is 9.74. The molecule has 1 saturated carbocycles. The third kappa shape index (κ3) is 3.02. The molecule has 0 aromatic heterocycles. The zero-order valence-corrected chi connectivity index (χ0v) is 11.8. The van der Waals surface area contributed by atoms with Crippen molar-refractivity contribution in [3.63, 3.8) is 0 Å². The summed E-state index contributed by atoms with van der Waals surface area (Å²) >= 11 is 0. The third-order valence-electron chi connectivity index (χ3n) is 4.03. The lowest BCUT2D eigenvalue weighted by molar-refractivity contribution is 0.445. The maximum Gasteiger partial charge on any atom is 0.120 e. The number of para-hydroxylation sites is 1. The molecule has 1 unspecified atom stereocenters. The van der Waals surface area contributed by atoms with E-state index in [1.807, 2.05) is 18.2 Å². The molecule has 104 valence electrons. The summed E-state index contributed by atoms with van der Waals surface area (Å²) in [6, 6.07) is 16.7. The third-order valence-corrected chi connectivity index (χ3v) is 4.03. The summed E-state index contributed by atoms with van der Waals surface area (Å²) in [6.07, 6.45) is 2.60. The fraction of sp³-hybridized carbons (Fsp3) is 0.333. The van der Waals surface area contributed by atoms with Crippen molar-refractivity contribution in [1.29, 1.82) is 0 Å². The van der Waals surface area contributed by atoms with Crippen LogP contribution < -0.4 is 5.32 Å². The molecule has 3 rings (SSSR count). The molecule has 0 heterocycles. The Kier molecular flexibility index (Phi) is 3.75. The molecule has 0 spiro atoms. The van der Waals surface area contributed by atoms with Gasteiger partial charge in [0.15, 0.2) is 0 Å². The van der Waals surface area contributed by atoms with Crippen LogP contribution in [0.5, 0.6) is 5.75 Å². The average molecular weight is 267 g/mol. The molecule has 2 heteroatoms. The Morgan fingerprint density at radius 3 is 2.45 bits per heavy atom. The second-order valence-electron chi connectivity index (χ2n) is 5.74. The second-order valence-corrected chi connectivity index (χ2v) is 5.74. The molecule has 0 aliphatic heterocycles. The standard InChI is InChI=1S/C18H21NO/c1-13-6-8-14(9-7-13)18(15-10-11-15)19-12-16-4-2-3-5-17(16)20/h2-9,15,18-20H,10-12H2,1H3.